The lowest BCUT2D eigenvalue weighted by Crippen LogP contribution is -2.59. The molecule has 5 atom stereocenters. The van der Waals surface area contributed by atoms with Crippen molar-refractivity contribution >= 4 is 22.9 Å². The lowest BCUT2D eigenvalue weighted by molar-refractivity contribution is -0.143. The Morgan fingerprint density at radius 2 is 2.27 bits per heavy atom. The Labute approximate surface area is 149 Å². The number of aliphatic hydroxyl groups is 2. The van der Waals surface area contributed by atoms with Crippen LogP contribution in [0.5, 0.6) is 0 Å². The average molecular weight is 365 g/mol. The topological polar surface area (TPSA) is 157 Å². The number of ether oxygens (including phenoxy) is 1. The Balaban J connectivity index is 1.70. The zero-order chi connectivity index (χ0) is 18.7. The second kappa shape index (κ2) is 7.91. The van der Waals surface area contributed by atoms with Crippen LogP contribution in [0.3, 0.4) is 0 Å². The third-order valence-electron chi connectivity index (χ3n) is 4.45. The molecule has 142 valence electrons. The average Bonchev–Trinajstić information content (AvgIpc) is 3.12. The van der Waals surface area contributed by atoms with Crippen LogP contribution in [0, 0.1) is 0 Å². The predicted molar refractivity (Wildman–Crippen MR) is 92.1 cm³/mol. The van der Waals surface area contributed by atoms with Crippen molar-refractivity contribution in [1.29, 1.82) is 0 Å². The Kier molecular flexibility index (Phi) is 5.61. The van der Waals surface area contributed by atoms with Crippen molar-refractivity contribution in [3.63, 3.8) is 0 Å². The molecule has 0 bridgehead atoms. The fourth-order valence-corrected chi connectivity index (χ4v) is 2.81. The number of nitrogens with one attached hydrogen (secondary N) is 4. The van der Waals surface area contributed by atoms with E-state index in [2.05, 4.69) is 35.9 Å². The van der Waals surface area contributed by atoms with Crippen LogP contribution in [0.4, 0.5) is 5.82 Å². The molecule has 11 heteroatoms. The zero-order valence-electron chi connectivity index (χ0n) is 14.5. The molecule has 0 unspecified atom stereocenters. The summed E-state index contributed by atoms with van der Waals surface area (Å²) in [5.74, 6) is 0.202. The highest BCUT2D eigenvalue weighted by Gasteiger charge is 2.38. The van der Waals surface area contributed by atoms with E-state index in [4.69, 9.17) is 4.74 Å². The summed E-state index contributed by atoms with van der Waals surface area (Å²) in [6, 6.07) is -0.897. The molecule has 0 radical (unpaired) electrons. The fraction of sp³-hybridized carbons (Fsp3) is 0.600. The standard InChI is InChI=1S/C15H23N7O4/c1-7(16-2)14(25)21-8-3-9(24)15(26-10(8)4-23)22-13-11-12(18-5-17-11)19-6-20-13/h5-10,15-16,23-24H,3-4H2,1-2H3,(H,21,25)(H2,17,18,19,20,22)/t7-,8-,9+,10+,15+/m1/s1. The number of carbonyl (C=O) groups is 1. The maximum Gasteiger partial charge on any atom is 0.237 e. The van der Waals surface area contributed by atoms with E-state index in [1.54, 1.807) is 14.0 Å². The monoisotopic (exact) mass is 365 g/mol. The number of amides is 1. The van der Waals surface area contributed by atoms with Gasteiger partial charge in [-0.3, -0.25) is 4.79 Å². The first-order chi connectivity index (χ1) is 12.5. The molecule has 11 nitrogen and oxygen atoms in total. The number of hydrogen-bond acceptors (Lipinski definition) is 9. The highest BCUT2D eigenvalue weighted by Crippen LogP contribution is 2.24. The summed E-state index contributed by atoms with van der Waals surface area (Å²) in [6.45, 7) is 1.42. The molecule has 0 aromatic carbocycles. The largest absolute Gasteiger partial charge is 0.394 e. The quantitative estimate of drug-likeness (QED) is 0.352. The van der Waals surface area contributed by atoms with Crippen LogP contribution in [0.1, 0.15) is 13.3 Å². The number of hydrogen-bond donors (Lipinski definition) is 6. The highest BCUT2D eigenvalue weighted by atomic mass is 16.5. The molecule has 3 rings (SSSR count). The fourth-order valence-electron chi connectivity index (χ4n) is 2.81. The minimum atomic E-state index is -0.916. The van der Waals surface area contributed by atoms with Crippen molar-refractivity contribution in [2.24, 2.45) is 0 Å². The van der Waals surface area contributed by atoms with Gasteiger partial charge >= 0.3 is 0 Å². The summed E-state index contributed by atoms with van der Waals surface area (Å²) in [4.78, 5) is 27.2. The van der Waals surface area contributed by atoms with Gasteiger partial charge in [-0.15, -0.1) is 0 Å². The number of nitrogens with zero attached hydrogens (tertiary/aromatic N) is 3. The van der Waals surface area contributed by atoms with Gasteiger partial charge in [0.2, 0.25) is 5.91 Å². The van der Waals surface area contributed by atoms with E-state index >= 15 is 0 Å². The van der Waals surface area contributed by atoms with Gasteiger partial charge in [0.15, 0.2) is 17.7 Å². The molecule has 0 saturated carbocycles. The number of anilines is 1. The summed E-state index contributed by atoms with van der Waals surface area (Å²) < 4.78 is 5.76. The predicted octanol–water partition coefficient (Wildman–Crippen LogP) is -1.67. The van der Waals surface area contributed by atoms with Crippen molar-refractivity contribution in [3.8, 4) is 0 Å². The van der Waals surface area contributed by atoms with Gasteiger partial charge in [0.25, 0.3) is 0 Å². The number of imidazole rings is 1. The van der Waals surface area contributed by atoms with Crippen LogP contribution >= 0.6 is 0 Å². The molecule has 0 aliphatic carbocycles. The first-order valence-corrected chi connectivity index (χ1v) is 8.36. The smallest absolute Gasteiger partial charge is 0.237 e. The maximum atomic E-state index is 12.1. The SMILES string of the molecule is CN[C@H](C)C(=O)N[C@@H]1C[C@H](O)[C@@H](Nc2ncnc3nc[nH]c23)O[C@H]1CO. The van der Waals surface area contributed by atoms with Gasteiger partial charge in [0.05, 0.1) is 25.0 Å². The van der Waals surface area contributed by atoms with Crippen LogP contribution in [0.25, 0.3) is 11.2 Å². The molecular weight excluding hydrogens is 342 g/mol. The van der Waals surface area contributed by atoms with Crippen LogP contribution in [-0.2, 0) is 9.53 Å². The van der Waals surface area contributed by atoms with Gasteiger partial charge in [-0.2, -0.15) is 0 Å². The van der Waals surface area contributed by atoms with Crippen LogP contribution in [0.2, 0.25) is 0 Å². The van der Waals surface area contributed by atoms with Gasteiger partial charge in [0.1, 0.15) is 24.1 Å². The van der Waals surface area contributed by atoms with E-state index in [0.29, 0.717) is 17.0 Å². The van der Waals surface area contributed by atoms with Crippen molar-refractivity contribution in [2.75, 3.05) is 19.0 Å². The molecule has 1 saturated heterocycles. The van der Waals surface area contributed by atoms with E-state index in [9.17, 15) is 15.0 Å². The van der Waals surface area contributed by atoms with Gasteiger partial charge in [-0.1, -0.05) is 0 Å². The number of aromatic amines is 1. The molecule has 1 aliphatic heterocycles. The molecule has 1 amide bonds. The summed E-state index contributed by atoms with van der Waals surface area (Å²) >= 11 is 0. The number of H-pyrrole nitrogens is 1. The normalized spacial score (nSPS) is 27.2. The van der Waals surface area contributed by atoms with Crippen LogP contribution in [-0.4, -0.2) is 80.2 Å². The van der Waals surface area contributed by atoms with E-state index in [1.807, 2.05) is 0 Å². The molecular formula is C15H23N7O4. The third kappa shape index (κ3) is 3.75. The van der Waals surface area contributed by atoms with Gasteiger partial charge in [0, 0.05) is 6.42 Å². The number of fused-ring (bicyclic) bond motifs is 1. The lowest BCUT2D eigenvalue weighted by Gasteiger charge is -2.39. The summed E-state index contributed by atoms with van der Waals surface area (Å²) in [6.07, 6.45) is 0.690. The molecule has 2 aromatic heterocycles. The lowest BCUT2D eigenvalue weighted by atomic mass is 9.98. The van der Waals surface area contributed by atoms with Gasteiger partial charge in [-0.05, 0) is 14.0 Å². The zero-order valence-corrected chi connectivity index (χ0v) is 14.5. The Morgan fingerprint density at radius 1 is 1.46 bits per heavy atom. The first kappa shape index (κ1) is 18.5. The van der Waals surface area contributed by atoms with E-state index in [0.717, 1.165) is 0 Å². The van der Waals surface area contributed by atoms with E-state index < -0.39 is 30.5 Å². The molecule has 0 spiro atoms. The van der Waals surface area contributed by atoms with Crippen molar-refractivity contribution < 1.29 is 19.7 Å². The summed E-state index contributed by atoms with van der Waals surface area (Å²) in [7, 11) is 1.68. The van der Waals surface area contributed by atoms with Crippen molar-refractivity contribution in [2.45, 2.75) is 43.9 Å². The van der Waals surface area contributed by atoms with Crippen LogP contribution < -0.4 is 16.0 Å². The Morgan fingerprint density at radius 3 is 3.00 bits per heavy atom. The van der Waals surface area contributed by atoms with Gasteiger partial charge < -0.3 is 35.9 Å². The number of carbonyl (C=O) groups excluding carboxylic acids is 1. The van der Waals surface area contributed by atoms with Gasteiger partial charge in [-0.25, -0.2) is 15.0 Å². The molecule has 1 fully saturated rings. The van der Waals surface area contributed by atoms with E-state index in [-0.39, 0.29) is 18.9 Å². The second-order valence-electron chi connectivity index (χ2n) is 6.17. The Bertz CT molecular complexity index is 754. The molecule has 2 aromatic rings. The maximum absolute atomic E-state index is 12.1. The Hall–Kier alpha value is -2.34. The molecule has 3 heterocycles. The molecule has 26 heavy (non-hydrogen) atoms. The third-order valence-corrected chi connectivity index (χ3v) is 4.45. The highest BCUT2D eigenvalue weighted by molar-refractivity contribution is 5.82. The second-order valence-corrected chi connectivity index (χ2v) is 6.17. The number of likely N-dealkylation sites (N-methyl/N-ethyl adjacent to an activating group) is 1. The number of aliphatic hydroxyl groups excluding tert-OH is 2. The minimum absolute atomic E-state index is 0.224. The number of aromatic nitrogens is 4. The summed E-state index contributed by atoms with van der Waals surface area (Å²) in [5.41, 5.74) is 1.07. The van der Waals surface area contributed by atoms with E-state index in [1.165, 1.54) is 12.7 Å². The number of rotatable bonds is 6. The van der Waals surface area contributed by atoms with Crippen LogP contribution in [0.15, 0.2) is 12.7 Å². The summed E-state index contributed by atoms with van der Waals surface area (Å²) in [5, 5.41) is 28.7. The molecule has 6 N–H and O–H groups in total. The molecule has 1 aliphatic rings. The first-order valence-electron chi connectivity index (χ1n) is 8.36. The van der Waals surface area contributed by atoms with Crippen molar-refractivity contribution in [3.05, 3.63) is 12.7 Å². The minimum Gasteiger partial charge on any atom is -0.394 e. The van der Waals surface area contributed by atoms with Crippen molar-refractivity contribution in [1.82, 2.24) is 30.6 Å².